The predicted octanol–water partition coefficient (Wildman–Crippen LogP) is 3.85. The molecule has 2 N–H and O–H groups in total. The smallest absolute Gasteiger partial charge is 0.191 e. The summed E-state index contributed by atoms with van der Waals surface area (Å²) < 4.78 is 7.20. The highest BCUT2D eigenvalue weighted by molar-refractivity contribution is 14.0. The normalized spacial score (nSPS) is 12.4. The molecule has 1 unspecified atom stereocenters. The standard InChI is InChI=1S/C22H36N6O.HI/c1-16(2)7-8-17(3)25-22(24-15-21-27-26-18(4)28(21)5)23-14-13-19-9-11-20(29-6)12-10-19;/h9-12,16-17H,7-8,13-15H2,1-6H3,(H2,23,24,25);1H. The van der Waals surface area contributed by atoms with Crippen molar-refractivity contribution in [1.82, 2.24) is 25.4 Å². The van der Waals surface area contributed by atoms with E-state index < -0.39 is 0 Å². The lowest BCUT2D eigenvalue weighted by molar-refractivity contribution is 0.414. The zero-order valence-corrected chi connectivity index (χ0v) is 21.4. The van der Waals surface area contributed by atoms with Crippen molar-refractivity contribution in [2.75, 3.05) is 13.7 Å². The number of halogens is 1. The maximum Gasteiger partial charge on any atom is 0.191 e. The van der Waals surface area contributed by atoms with Crippen molar-refractivity contribution in [2.24, 2.45) is 18.0 Å². The maximum absolute atomic E-state index is 5.22. The van der Waals surface area contributed by atoms with Crippen LogP contribution in [-0.2, 0) is 20.0 Å². The summed E-state index contributed by atoms with van der Waals surface area (Å²) in [6, 6.07) is 8.53. The molecule has 0 radical (unpaired) electrons. The van der Waals surface area contributed by atoms with Gasteiger partial charge < -0.3 is 19.9 Å². The van der Waals surface area contributed by atoms with Crippen LogP contribution in [0.5, 0.6) is 5.75 Å². The zero-order chi connectivity index (χ0) is 21.2. The van der Waals surface area contributed by atoms with Crippen LogP contribution < -0.4 is 15.4 Å². The Bertz CT molecular complexity index is 772. The third-order valence-corrected chi connectivity index (χ3v) is 4.99. The van der Waals surface area contributed by atoms with Crippen LogP contribution in [-0.4, -0.2) is 40.4 Å². The van der Waals surface area contributed by atoms with Crippen LogP contribution in [0.25, 0.3) is 0 Å². The molecule has 1 aromatic heterocycles. The van der Waals surface area contributed by atoms with Crippen molar-refractivity contribution < 1.29 is 4.74 Å². The Morgan fingerprint density at radius 2 is 1.83 bits per heavy atom. The van der Waals surface area contributed by atoms with E-state index in [0.29, 0.717) is 18.5 Å². The van der Waals surface area contributed by atoms with E-state index in [-0.39, 0.29) is 24.0 Å². The Labute approximate surface area is 198 Å². The minimum absolute atomic E-state index is 0. The van der Waals surface area contributed by atoms with E-state index in [1.807, 2.05) is 30.7 Å². The number of aromatic nitrogens is 3. The number of nitrogens with one attached hydrogen (secondary N) is 2. The molecule has 0 spiro atoms. The van der Waals surface area contributed by atoms with Crippen LogP contribution in [0.15, 0.2) is 29.3 Å². The van der Waals surface area contributed by atoms with Crippen LogP contribution in [0, 0.1) is 12.8 Å². The second kappa shape index (κ2) is 13.5. The van der Waals surface area contributed by atoms with Gasteiger partial charge in [-0.25, -0.2) is 4.99 Å². The molecular formula is C22H37IN6O. The molecule has 168 valence electrons. The first-order chi connectivity index (χ1) is 13.9. The Morgan fingerprint density at radius 1 is 1.13 bits per heavy atom. The number of nitrogens with zero attached hydrogens (tertiary/aromatic N) is 4. The Balaban J connectivity index is 0.00000450. The van der Waals surface area contributed by atoms with Gasteiger partial charge in [0.1, 0.15) is 18.1 Å². The van der Waals surface area contributed by atoms with Gasteiger partial charge in [-0.2, -0.15) is 0 Å². The summed E-state index contributed by atoms with van der Waals surface area (Å²) in [7, 11) is 3.65. The first kappa shape index (κ1) is 26.2. The molecule has 2 rings (SSSR count). The number of hydrogen-bond donors (Lipinski definition) is 2. The average molecular weight is 528 g/mol. The maximum atomic E-state index is 5.22. The van der Waals surface area contributed by atoms with Crippen LogP contribution in [0.4, 0.5) is 0 Å². The number of aryl methyl sites for hydroxylation is 1. The summed E-state index contributed by atoms with van der Waals surface area (Å²) in [6.07, 6.45) is 3.21. The molecule has 7 nitrogen and oxygen atoms in total. The number of ether oxygens (including phenoxy) is 1. The highest BCUT2D eigenvalue weighted by Crippen LogP contribution is 2.11. The number of guanidine groups is 1. The molecule has 0 aliphatic heterocycles. The van der Waals surface area contributed by atoms with Crippen LogP contribution in [0.1, 0.15) is 50.8 Å². The largest absolute Gasteiger partial charge is 0.497 e. The number of aliphatic imine (C=N–C) groups is 1. The molecule has 0 aliphatic carbocycles. The van der Waals surface area contributed by atoms with Crippen molar-refractivity contribution in [3.63, 3.8) is 0 Å². The molecule has 2 aromatic rings. The quantitative estimate of drug-likeness (QED) is 0.279. The van der Waals surface area contributed by atoms with E-state index in [4.69, 9.17) is 9.73 Å². The molecule has 1 aromatic carbocycles. The Morgan fingerprint density at radius 3 is 2.40 bits per heavy atom. The Kier molecular flexibility index (Phi) is 11.8. The van der Waals surface area contributed by atoms with Gasteiger partial charge in [-0.15, -0.1) is 34.2 Å². The van der Waals surface area contributed by atoms with Crippen molar-refractivity contribution in [1.29, 1.82) is 0 Å². The first-order valence-corrected chi connectivity index (χ1v) is 10.4. The fourth-order valence-electron chi connectivity index (χ4n) is 2.90. The second-order valence-electron chi connectivity index (χ2n) is 7.93. The van der Waals surface area contributed by atoms with Crippen molar-refractivity contribution in [3.05, 3.63) is 41.5 Å². The highest BCUT2D eigenvalue weighted by Gasteiger charge is 2.09. The predicted molar refractivity (Wildman–Crippen MR) is 134 cm³/mol. The van der Waals surface area contributed by atoms with Gasteiger partial charge in [0.25, 0.3) is 0 Å². The lowest BCUT2D eigenvalue weighted by Crippen LogP contribution is -2.43. The summed E-state index contributed by atoms with van der Waals surface area (Å²) >= 11 is 0. The van der Waals surface area contributed by atoms with Gasteiger partial charge in [0.2, 0.25) is 0 Å². The van der Waals surface area contributed by atoms with Gasteiger partial charge in [0.15, 0.2) is 11.8 Å². The number of rotatable bonds is 10. The fraction of sp³-hybridized carbons (Fsp3) is 0.591. The van der Waals surface area contributed by atoms with E-state index in [1.165, 1.54) is 12.0 Å². The molecule has 1 heterocycles. The molecule has 0 aliphatic rings. The monoisotopic (exact) mass is 528 g/mol. The molecule has 0 saturated carbocycles. The summed E-state index contributed by atoms with van der Waals surface area (Å²) in [4.78, 5) is 4.74. The lowest BCUT2D eigenvalue weighted by Gasteiger charge is -2.19. The number of methoxy groups -OCH3 is 1. The average Bonchev–Trinajstić information content (AvgIpc) is 3.03. The van der Waals surface area contributed by atoms with Crippen LogP contribution >= 0.6 is 24.0 Å². The minimum Gasteiger partial charge on any atom is -0.497 e. The van der Waals surface area contributed by atoms with Crippen LogP contribution in [0.3, 0.4) is 0 Å². The van der Waals surface area contributed by atoms with Gasteiger partial charge in [-0.1, -0.05) is 26.0 Å². The van der Waals surface area contributed by atoms with Crippen molar-refractivity contribution in [2.45, 2.75) is 59.5 Å². The Hall–Kier alpha value is -1.84. The van der Waals surface area contributed by atoms with Gasteiger partial charge in [-0.05, 0) is 56.7 Å². The molecule has 0 amide bonds. The van der Waals surface area contributed by atoms with E-state index in [2.05, 4.69) is 53.7 Å². The van der Waals surface area contributed by atoms with Gasteiger partial charge >= 0.3 is 0 Å². The molecule has 0 fully saturated rings. The van der Waals surface area contributed by atoms with Gasteiger partial charge in [-0.3, -0.25) is 0 Å². The van der Waals surface area contributed by atoms with E-state index in [1.54, 1.807) is 7.11 Å². The van der Waals surface area contributed by atoms with Crippen molar-refractivity contribution >= 4 is 29.9 Å². The summed E-state index contributed by atoms with van der Waals surface area (Å²) in [5.74, 6) is 4.14. The molecular weight excluding hydrogens is 491 g/mol. The SMILES string of the molecule is COc1ccc(CCNC(=NCc2nnc(C)n2C)NC(C)CCC(C)C)cc1.I. The third kappa shape index (κ3) is 8.89. The third-order valence-electron chi connectivity index (χ3n) is 4.99. The first-order valence-electron chi connectivity index (χ1n) is 10.4. The number of benzene rings is 1. The van der Waals surface area contributed by atoms with E-state index in [0.717, 1.165) is 42.7 Å². The lowest BCUT2D eigenvalue weighted by atomic mass is 10.0. The minimum atomic E-state index is 0. The zero-order valence-electron chi connectivity index (χ0n) is 19.1. The van der Waals surface area contributed by atoms with E-state index >= 15 is 0 Å². The van der Waals surface area contributed by atoms with E-state index in [9.17, 15) is 0 Å². The highest BCUT2D eigenvalue weighted by atomic mass is 127. The summed E-state index contributed by atoms with van der Waals surface area (Å²) in [5.41, 5.74) is 1.26. The van der Waals surface area contributed by atoms with Gasteiger partial charge in [0.05, 0.1) is 7.11 Å². The van der Waals surface area contributed by atoms with Crippen LogP contribution in [0.2, 0.25) is 0 Å². The summed E-state index contributed by atoms with van der Waals surface area (Å²) in [5, 5.41) is 15.3. The van der Waals surface area contributed by atoms with Gasteiger partial charge in [0, 0.05) is 19.6 Å². The molecule has 1 atom stereocenters. The topological polar surface area (TPSA) is 76.4 Å². The number of hydrogen-bond acceptors (Lipinski definition) is 4. The molecule has 0 saturated heterocycles. The molecule has 8 heteroatoms. The van der Waals surface area contributed by atoms with Crippen molar-refractivity contribution in [3.8, 4) is 5.75 Å². The molecule has 0 bridgehead atoms. The fourth-order valence-corrected chi connectivity index (χ4v) is 2.90. The second-order valence-corrected chi connectivity index (χ2v) is 7.93. The summed E-state index contributed by atoms with van der Waals surface area (Å²) in [6.45, 7) is 9.95. The molecule has 30 heavy (non-hydrogen) atoms.